The molecule has 1 radical (unpaired) electrons. The maximum atomic E-state index is 8.33. The fourth-order valence-electron chi connectivity index (χ4n) is 0. The normalized spacial score (nSPS) is 3.43. The Bertz CT molecular complexity index is 37.9. The minimum absolute atomic E-state index is 0. The molecule has 41 valence electrons. The van der Waals surface area contributed by atoms with E-state index in [-0.39, 0.29) is 49.4 Å². The minimum Gasteiger partial charge on any atom is -0.652 e. The van der Waals surface area contributed by atoms with Gasteiger partial charge in [0.15, 0.2) is 0 Å². The first-order chi connectivity index (χ1) is 1.73. The first-order valence-corrected chi connectivity index (χ1v) is 0.612. The van der Waals surface area contributed by atoms with Crippen molar-refractivity contribution in [2.75, 3.05) is 0 Å². The van der Waals surface area contributed by atoms with Crippen LogP contribution in [0, 0.1) is 0 Å². The molecule has 4 nitrogen and oxygen atoms in total. The van der Waals surface area contributed by atoms with Crippen molar-refractivity contribution >= 4 is 6.16 Å². The first kappa shape index (κ1) is 25.4. The predicted molar refractivity (Wildman–Crippen MR) is 10.4 cm³/mol. The second-order valence-electron chi connectivity index (χ2n) is 0.250. The number of carboxylic acid groups (broad SMARTS) is 2. The van der Waals surface area contributed by atoms with Gasteiger partial charge in [-0.15, -0.1) is 0 Å². The molecule has 0 amide bonds. The number of carbonyl (C=O) groups excluding carboxylic acids is 1. The standard InChI is InChI=1S/CH2O3.Cu.H3N.Zr/c2-1(3)4;;;/h(H2,2,3,4);;1H3;/q;+2;;+4/p-2. The van der Waals surface area contributed by atoms with Gasteiger partial charge in [-0.25, -0.2) is 0 Å². The molecule has 0 aromatic rings. The fourth-order valence-corrected chi connectivity index (χ4v) is 0. The summed E-state index contributed by atoms with van der Waals surface area (Å²) in [4.78, 5) is 8.33. The van der Waals surface area contributed by atoms with Crippen LogP contribution in [0.4, 0.5) is 4.79 Å². The maximum Gasteiger partial charge on any atom is 4.00 e. The number of hydrogen-bond acceptors (Lipinski definition) is 4. The van der Waals surface area contributed by atoms with E-state index in [1.54, 1.807) is 0 Å². The molecule has 0 saturated carbocycles. The van der Waals surface area contributed by atoms with Crippen molar-refractivity contribution in [3.63, 3.8) is 0 Å². The Morgan fingerprint density at radius 1 is 1.29 bits per heavy atom. The smallest absolute Gasteiger partial charge is 0.652 e. The summed E-state index contributed by atoms with van der Waals surface area (Å²) >= 11 is 0. The molecule has 7 heavy (non-hydrogen) atoms. The van der Waals surface area contributed by atoms with Crippen molar-refractivity contribution in [3.8, 4) is 0 Å². The quantitative estimate of drug-likeness (QED) is 0.475. The Balaban J connectivity index is -0.0000000150. The van der Waals surface area contributed by atoms with E-state index in [0.29, 0.717) is 0 Å². The van der Waals surface area contributed by atoms with Gasteiger partial charge < -0.3 is 21.2 Å². The summed E-state index contributed by atoms with van der Waals surface area (Å²) in [6.45, 7) is 0. The van der Waals surface area contributed by atoms with E-state index in [0.717, 1.165) is 0 Å². The molecule has 6 heteroatoms. The zero-order chi connectivity index (χ0) is 3.58. The van der Waals surface area contributed by atoms with E-state index in [2.05, 4.69) is 0 Å². The summed E-state index contributed by atoms with van der Waals surface area (Å²) in [6, 6.07) is 0. The van der Waals surface area contributed by atoms with Crippen LogP contribution < -0.4 is 16.4 Å². The second-order valence-corrected chi connectivity index (χ2v) is 0.250. The molecular formula is CH3CuNO3Zr+4. The van der Waals surface area contributed by atoms with E-state index in [1.807, 2.05) is 0 Å². The van der Waals surface area contributed by atoms with Crippen molar-refractivity contribution in [3.05, 3.63) is 0 Å². The predicted octanol–water partition coefficient (Wildman–Crippen LogP) is -2.29. The summed E-state index contributed by atoms with van der Waals surface area (Å²) in [7, 11) is 0. The van der Waals surface area contributed by atoms with Gasteiger partial charge in [-0.2, -0.15) is 0 Å². The Hall–Kier alpha value is 0.633. The average molecular weight is 232 g/mol. The molecule has 0 aliphatic carbocycles. The van der Waals surface area contributed by atoms with Crippen molar-refractivity contribution in [2.45, 2.75) is 0 Å². The van der Waals surface area contributed by atoms with Crippen LogP contribution in [0.5, 0.6) is 0 Å². The van der Waals surface area contributed by atoms with Gasteiger partial charge in [-0.3, -0.25) is 0 Å². The van der Waals surface area contributed by atoms with Crippen molar-refractivity contribution in [1.29, 1.82) is 0 Å². The van der Waals surface area contributed by atoms with Crippen LogP contribution in [0.15, 0.2) is 0 Å². The summed E-state index contributed by atoms with van der Waals surface area (Å²) in [5.74, 6) is 0. The van der Waals surface area contributed by atoms with E-state index in [4.69, 9.17) is 15.0 Å². The second kappa shape index (κ2) is 15.9. The van der Waals surface area contributed by atoms with Crippen LogP contribution in [0.3, 0.4) is 0 Å². The van der Waals surface area contributed by atoms with E-state index < -0.39 is 6.16 Å². The summed E-state index contributed by atoms with van der Waals surface area (Å²) in [5, 5.41) is 16.7. The Labute approximate surface area is 70.5 Å². The maximum absolute atomic E-state index is 8.33. The Morgan fingerprint density at radius 2 is 1.29 bits per heavy atom. The number of hydrogen-bond donors (Lipinski definition) is 1. The number of rotatable bonds is 0. The van der Waals surface area contributed by atoms with Gasteiger partial charge in [0.25, 0.3) is 0 Å². The van der Waals surface area contributed by atoms with Gasteiger partial charge in [0, 0.05) is 0 Å². The molecule has 3 N–H and O–H groups in total. The molecule has 0 heterocycles. The van der Waals surface area contributed by atoms with Gasteiger partial charge in [-0.1, -0.05) is 0 Å². The van der Waals surface area contributed by atoms with Crippen molar-refractivity contribution in [1.82, 2.24) is 6.15 Å². The number of carbonyl (C=O) groups is 1. The van der Waals surface area contributed by atoms with E-state index >= 15 is 0 Å². The molecule has 0 rings (SSSR count). The molecule has 0 saturated heterocycles. The van der Waals surface area contributed by atoms with E-state index in [1.165, 1.54) is 0 Å². The summed E-state index contributed by atoms with van der Waals surface area (Å²) in [5.41, 5.74) is 0. The van der Waals surface area contributed by atoms with Gasteiger partial charge in [0.2, 0.25) is 0 Å². The fraction of sp³-hybridized carbons (Fsp3) is 0. The van der Waals surface area contributed by atoms with Gasteiger partial charge in [0.1, 0.15) is 0 Å². The van der Waals surface area contributed by atoms with Crippen LogP contribution >= 0.6 is 0 Å². The molecule has 0 spiro atoms. The average Bonchev–Trinajstić information content (AvgIpc) is 0.811. The van der Waals surface area contributed by atoms with Crippen LogP contribution in [0.1, 0.15) is 0 Å². The molecule has 0 aliphatic rings. The van der Waals surface area contributed by atoms with Crippen LogP contribution in [-0.4, -0.2) is 6.16 Å². The summed E-state index contributed by atoms with van der Waals surface area (Å²) in [6.07, 6.45) is -2.33. The molecule has 0 aromatic carbocycles. The topological polar surface area (TPSA) is 98.2 Å². The molecule has 0 aliphatic heterocycles. The zero-order valence-corrected chi connectivity index (χ0v) is 6.63. The monoisotopic (exact) mass is 230 g/mol. The third-order valence-corrected chi connectivity index (χ3v) is 0. The van der Waals surface area contributed by atoms with Gasteiger partial charge in [-0.05, 0) is 6.16 Å². The van der Waals surface area contributed by atoms with Gasteiger partial charge >= 0.3 is 43.3 Å². The van der Waals surface area contributed by atoms with Crippen LogP contribution in [0.25, 0.3) is 0 Å². The van der Waals surface area contributed by atoms with Crippen molar-refractivity contribution in [2.24, 2.45) is 0 Å². The summed E-state index contributed by atoms with van der Waals surface area (Å²) < 4.78 is 0. The SMILES string of the molecule is N.O=C([O-])[O-].[Cu+2].[Zr+4]. The van der Waals surface area contributed by atoms with Gasteiger partial charge in [0.05, 0.1) is 0 Å². The zero-order valence-electron chi connectivity index (χ0n) is 3.23. The molecule has 0 aromatic heterocycles. The molecule has 0 unspecified atom stereocenters. The minimum atomic E-state index is -2.33. The molecular weight excluding hydrogens is 229 g/mol. The first-order valence-electron chi connectivity index (χ1n) is 0.612. The third kappa shape index (κ3) is 356. The Kier molecular flexibility index (Phi) is 58.0. The largest absolute Gasteiger partial charge is 4.00 e. The van der Waals surface area contributed by atoms with E-state index in [9.17, 15) is 0 Å². The Morgan fingerprint density at radius 3 is 1.29 bits per heavy atom. The van der Waals surface area contributed by atoms with Crippen LogP contribution in [-0.2, 0) is 43.3 Å². The molecule has 0 bridgehead atoms. The third-order valence-electron chi connectivity index (χ3n) is 0. The molecule has 0 atom stereocenters. The van der Waals surface area contributed by atoms with Crippen molar-refractivity contribution < 1.29 is 58.3 Å². The van der Waals surface area contributed by atoms with Crippen LogP contribution in [0.2, 0.25) is 0 Å². The molecule has 0 fully saturated rings.